The highest BCUT2D eigenvalue weighted by Crippen LogP contribution is 2.30. The van der Waals surface area contributed by atoms with Crippen LogP contribution in [0, 0.1) is 0 Å². The Bertz CT molecular complexity index is 925. The molecular formula is C19H17ClN2O3S2. The molecule has 2 amide bonds. The van der Waals surface area contributed by atoms with E-state index < -0.39 is 17.9 Å². The van der Waals surface area contributed by atoms with Crippen molar-refractivity contribution < 1.29 is 14.7 Å². The maximum atomic E-state index is 12.0. The number of aliphatic hydroxyl groups excluding tert-OH is 1. The number of halogens is 1. The van der Waals surface area contributed by atoms with E-state index in [0.717, 1.165) is 20.2 Å². The Morgan fingerprint density at radius 1 is 0.963 bits per heavy atom. The molecule has 140 valence electrons. The molecule has 3 rings (SSSR count). The molecule has 0 aliphatic carbocycles. The summed E-state index contributed by atoms with van der Waals surface area (Å²) in [4.78, 5) is 26.4. The second kappa shape index (κ2) is 9.14. The van der Waals surface area contributed by atoms with Gasteiger partial charge >= 0.3 is 11.8 Å². The summed E-state index contributed by atoms with van der Waals surface area (Å²) in [6.07, 6.45) is -0.668. The number of hydrogen-bond acceptors (Lipinski definition) is 5. The van der Waals surface area contributed by atoms with Crippen LogP contribution >= 0.6 is 34.3 Å². The first-order chi connectivity index (χ1) is 13.0. The first kappa shape index (κ1) is 19.6. The summed E-state index contributed by atoms with van der Waals surface area (Å²) in [6.45, 7) is 0.405. The van der Waals surface area contributed by atoms with Crippen molar-refractivity contribution in [2.45, 2.75) is 19.2 Å². The van der Waals surface area contributed by atoms with Crippen LogP contribution < -0.4 is 10.6 Å². The normalized spacial score (nSPS) is 11.8. The minimum absolute atomic E-state index is 0.183. The zero-order valence-corrected chi connectivity index (χ0v) is 16.5. The quantitative estimate of drug-likeness (QED) is 0.534. The van der Waals surface area contributed by atoms with Crippen molar-refractivity contribution >= 4 is 46.1 Å². The van der Waals surface area contributed by atoms with Gasteiger partial charge in [-0.25, -0.2) is 0 Å². The molecule has 1 atom stereocenters. The van der Waals surface area contributed by atoms with E-state index in [0.29, 0.717) is 5.02 Å². The van der Waals surface area contributed by atoms with Crippen LogP contribution in [0.5, 0.6) is 0 Å². The number of carbonyl (C=O) groups is 2. The van der Waals surface area contributed by atoms with E-state index in [1.807, 2.05) is 35.7 Å². The van der Waals surface area contributed by atoms with Crippen LogP contribution in [0.4, 0.5) is 0 Å². The number of hydrogen-bond donors (Lipinski definition) is 3. The molecule has 5 nitrogen and oxygen atoms in total. The van der Waals surface area contributed by atoms with Crippen LogP contribution in [-0.4, -0.2) is 16.9 Å². The lowest BCUT2D eigenvalue weighted by molar-refractivity contribution is -0.139. The first-order valence-electron chi connectivity index (χ1n) is 8.14. The Balaban J connectivity index is 1.49. The predicted octanol–water partition coefficient (Wildman–Crippen LogP) is 3.48. The molecular weight excluding hydrogens is 404 g/mol. The van der Waals surface area contributed by atoms with Gasteiger partial charge in [0.25, 0.3) is 0 Å². The molecule has 2 heterocycles. The summed E-state index contributed by atoms with van der Waals surface area (Å²) >= 11 is 8.91. The molecule has 1 aromatic carbocycles. The van der Waals surface area contributed by atoms with E-state index in [-0.39, 0.29) is 13.1 Å². The van der Waals surface area contributed by atoms with Crippen molar-refractivity contribution in [3.05, 3.63) is 79.1 Å². The summed E-state index contributed by atoms with van der Waals surface area (Å²) in [5, 5.41) is 17.9. The summed E-state index contributed by atoms with van der Waals surface area (Å²) in [6, 6.07) is 14.5. The van der Waals surface area contributed by atoms with Crippen LogP contribution in [0.25, 0.3) is 0 Å². The highest BCUT2D eigenvalue weighted by atomic mass is 35.5. The molecule has 0 aliphatic rings. The van der Waals surface area contributed by atoms with Crippen molar-refractivity contribution in [2.24, 2.45) is 0 Å². The van der Waals surface area contributed by atoms with Crippen molar-refractivity contribution in [3.63, 3.8) is 0 Å². The molecule has 3 aromatic rings. The van der Waals surface area contributed by atoms with Crippen molar-refractivity contribution in [1.29, 1.82) is 0 Å². The largest absolute Gasteiger partial charge is 0.382 e. The average Bonchev–Trinajstić information content (AvgIpc) is 3.36. The third-order valence-corrected chi connectivity index (χ3v) is 6.22. The van der Waals surface area contributed by atoms with Gasteiger partial charge in [0, 0.05) is 26.2 Å². The van der Waals surface area contributed by atoms with Gasteiger partial charge < -0.3 is 15.7 Å². The summed E-state index contributed by atoms with van der Waals surface area (Å²) < 4.78 is 0. The van der Waals surface area contributed by atoms with Crippen molar-refractivity contribution in [1.82, 2.24) is 10.6 Å². The number of thiophene rings is 2. The number of carbonyl (C=O) groups excluding carboxylic acids is 2. The van der Waals surface area contributed by atoms with Crippen LogP contribution in [-0.2, 0) is 22.7 Å². The van der Waals surface area contributed by atoms with Crippen molar-refractivity contribution in [3.8, 4) is 0 Å². The third kappa shape index (κ3) is 5.17. The van der Waals surface area contributed by atoms with E-state index in [9.17, 15) is 14.7 Å². The Morgan fingerprint density at radius 3 is 2.41 bits per heavy atom. The smallest absolute Gasteiger partial charge is 0.309 e. The summed E-state index contributed by atoms with van der Waals surface area (Å²) in [5.41, 5.74) is 0.741. The molecule has 0 saturated carbocycles. The Hall–Kier alpha value is -2.19. The molecule has 0 saturated heterocycles. The van der Waals surface area contributed by atoms with Gasteiger partial charge in [-0.05, 0) is 35.2 Å². The first-order valence-corrected chi connectivity index (χ1v) is 10.2. The van der Waals surface area contributed by atoms with Gasteiger partial charge in [0.2, 0.25) is 0 Å². The summed E-state index contributed by atoms with van der Waals surface area (Å²) in [5.74, 6) is -1.43. The van der Waals surface area contributed by atoms with Gasteiger partial charge in [-0.2, -0.15) is 0 Å². The molecule has 0 spiro atoms. The minimum Gasteiger partial charge on any atom is -0.382 e. The fourth-order valence-electron chi connectivity index (χ4n) is 2.37. The highest BCUT2D eigenvalue weighted by Gasteiger charge is 2.16. The molecule has 27 heavy (non-hydrogen) atoms. The Kier molecular flexibility index (Phi) is 6.63. The zero-order chi connectivity index (χ0) is 19.2. The van der Waals surface area contributed by atoms with Crippen LogP contribution in [0.1, 0.15) is 26.3 Å². The van der Waals surface area contributed by atoms with Gasteiger partial charge in [-0.15, -0.1) is 22.7 Å². The lowest BCUT2D eigenvalue weighted by Gasteiger charge is -2.07. The maximum Gasteiger partial charge on any atom is 0.309 e. The van der Waals surface area contributed by atoms with Gasteiger partial charge in [0.1, 0.15) is 6.10 Å². The number of amides is 2. The molecule has 0 unspecified atom stereocenters. The molecule has 8 heteroatoms. The predicted molar refractivity (Wildman–Crippen MR) is 108 cm³/mol. The average molecular weight is 421 g/mol. The number of rotatable bonds is 6. The second-order valence-electron chi connectivity index (χ2n) is 5.68. The topological polar surface area (TPSA) is 78.4 Å². The van der Waals surface area contributed by atoms with E-state index in [2.05, 4.69) is 10.6 Å². The molecule has 0 fully saturated rings. The van der Waals surface area contributed by atoms with Crippen LogP contribution in [0.2, 0.25) is 5.02 Å². The number of nitrogens with one attached hydrogen (secondary N) is 2. The lowest BCUT2D eigenvalue weighted by Crippen LogP contribution is -2.39. The van der Waals surface area contributed by atoms with Gasteiger partial charge in [0.15, 0.2) is 0 Å². The lowest BCUT2D eigenvalue weighted by atomic mass is 10.2. The fourth-order valence-corrected chi connectivity index (χ4v) is 4.33. The van der Waals surface area contributed by atoms with Gasteiger partial charge in [-0.3, -0.25) is 9.59 Å². The van der Waals surface area contributed by atoms with E-state index in [1.165, 1.54) is 22.7 Å². The van der Waals surface area contributed by atoms with Crippen LogP contribution in [0.3, 0.4) is 0 Å². The molecule has 2 aromatic heterocycles. The fraction of sp³-hybridized carbons (Fsp3) is 0.158. The molecule has 0 radical (unpaired) electrons. The molecule has 0 bridgehead atoms. The zero-order valence-electron chi connectivity index (χ0n) is 14.1. The SMILES string of the molecule is O=C(NCc1ccc([C@@H](O)c2cccs2)s1)C(=O)NCc1ccccc1Cl. The van der Waals surface area contributed by atoms with Gasteiger partial charge in [-0.1, -0.05) is 35.9 Å². The second-order valence-corrected chi connectivity index (χ2v) is 8.27. The van der Waals surface area contributed by atoms with Crippen molar-refractivity contribution in [2.75, 3.05) is 0 Å². The molecule has 0 aliphatic heterocycles. The Morgan fingerprint density at radius 2 is 1.70 bits per heavy atom. The number of aliphatic hydroxyl groups is 1. The molecule has 3 N–H and O–H groups in total. The van der Waals surface area contributed by atoms with Gasteiger partial charge in [0.05, 0.1) is 6.54 Å². The Labute approximate surface area is 169 Å². The van der Waals surface area contributed by atoms with E-state index >= 15 is 0 Å². The number of benzene rings is 1. The van der Waals surface area contributed by atoms with Crippen LogP contribution in [0.15, 0.2) is 53.9 Å². The third-order valence-electron chi connectivity index (χ3n) is 3.79. The van der Waals surface area contributed by atoms with E-state index in [1.54, 1.807) is 18.2 Å². The minimum atomic E-state index is -0.717. The maximum absolute atomic E-state index is 12.0. The highest BCUT2D eigenvalue weighted by molar-refractivity contribution is 7.12. The van der Waals surface area contributed by atoms with E-state index in [4.69, 9.17) is 11.6 Å². The monoisotopic (exact) mass is 420 g/mol. The standard InChI is InChI=1S/C19H17ClN2O3S2/c20-14-5-2-1-4-12(14)10-21-18(24)19(25)22-11-13-7-8-16(27-13)17(23)15-6-3-9-26-15/h1-9,17,23H,10-11H2,(H,21,24)(H,22,25)/t17-/m0/s1. The summed E-state index contributed by atoms with van der Waals surface area (Å²) in [7, 11) is 0.